The number of ether oxygens (including phenoxy) is 1. The highest BCUT2D eigenvalue weighted by molar-refractivity contribution is 6.33. The van der Waals surface area contributed by atoms with E-state index < -0.39 is 5.97 Å². The number of oxazole rings is 1. The van der Waals surface area contributed by atoms with Crippen LogP contribution in [0, 0.1) is 0 Å². The molecule has 0 spiro atoms. The first-order valence-electron chi connectivity index (χ1n) is 6.76. The second-order valence-electron chi connectivity index (χ2n) is 4.68. The van der Waals surface area contributed by atoms with E-state index in [0.29, 0.717) is 27.3 Å². The maximum absolute atomic E-state index is 12.0. The molecule has 0 aliphatic rings. The Labute approximate surface area is 142 Å². The molecule has 116 valence electrons. The molecular formula is C17H11Cl2NO3. The van der Waals surface area contributed by atoms with Gasteiger partial charge in [0.15, 0.2) is 12.4 Å². The molecule has 23 heavy (non-hydrogen) atoms. The molecule has 1 heterocycles. The first-order valence-corrected chi connectivity index (χ1v) is 7.51. The lowest BCUT2D eigenvalue weighted by molar-refractivity contribution is 0.0439. The molecule has 0 N–H and O–H groups in total. The second-order valence-corrected chi connectivity index (χ2v) is 5.52. The maximum Gasteiger partial charge on any atom is 0.340 e. The third-order valence-corrected chi connectivity index (χ3v) is 3.68. The minimum atomic E-state index is -0.526. The van der Waals surface area contributed by atoms with Crippen LogP contribution in [-0.2, 0) is 11.3 Å². The highest BCUT2D eigenvalue weighted by Gasteiger charge is 2.13. The van der Waals surface area contributed by atoms with Crippen LogP contribution < -0.4 is 0 Å². The molecule has 0 aliphatic carbocycles. The molecular weight excluding hydrogens is 337 g/mol. The number of halogens is 2. The number of benzene rings is 2. The van der Waals surface area contributed by atoms with Crippen LogP contribution in [-0.4, -0.2) is 11.0 Å². The average Bonchev–Trinajstić information content (AvgIpc) is 3.03. The lowest BCUT2D eigenvalue weighted by Gasteiger charge is -2.03. The van der Waals surface area contributed by atoms with Crippen molar-refractivity contribution in [3.05, 3.63) is 76.2 Å². The predicted octanol–water partition coefficient (Wildman–Crippen LogP) is 5.01. The van der Waals surface area contributed by atoms with Crippen LogP contribution in [0.4, 0.5) is 0 Å². The van der Waals surface area contributed by atoms with Crippen LogP contribution in [0.2, 0.25) is 10.0 Å². The first-order chi connectivity index (χ1) is 11.1. The van der Waals surface area contributed by atoms with Crippen molar-refractivity contribution < 1.29 is 13.9 Å². The van der Waals surface area contributed by atoms with Crippen molar-refractivity contribution in [2.75, 3.05) is 0 Å². The van der Waals surface area contributed by atoms with Crippen molar-refractivity contribution in [1.29, 1.82) is 0 Å². The molecule has 3 aromatic rings. The van der Waals surface area contributed by atoms with Gasteiger partial charge < -0.3 is 9.15 Å². The minimum absolute atomic E-state index is 0.0718. The lowest BCUT2D eigenvalue weighted by atomic mass is 10.2. The summed E-state index contributed by atoms with van der Waals surface area (Å²) in [5.74, 6) is 0.350. The Kier molecular flexibility index (Phi) is 4.65. The zero-order chi connectivity index (χ0) is 16.2. The van der Waals surface area contributed by atoms with Crippen LogP contribution in [0.3, 0.4) is 0 Å². The Morgan fingerprint density at radius 3 is 2.57 bits per heavy atom. The van der Waals surface area contributed by atoms with Gasteiger partial charge in [0.1, 0.15) is 0 Å². The van der Waals surface area contributed by atoms with E-state index in [2.05, 4.69) is 4.98 Å². The van der Waals surface area contributed by atoms with Gasteiger partial charge >= 0.3 is 5.97 Å². The number of hydrogen-bond acceptors (Lipinski definition) is 4. The molecule has 0 saturated carbocycles. The summed E-state index contributed by atoms with van der Waals surface area (Å²) in [5, 5.41) is 0.980. The second kappa shape index (κ2) is 6.86. The van der Waals surface area contributed by atoms with Gasteiger partial charge in [-0.3, -0.25) is 0 Å². The zero-order valence-corrected chi connectivity index (χ0v) is 13.3. The molecule has 0 amide bonds. The Morgan fingerprint density at radius 1 is 1.09 bits per heavy atom. The summed E-state index contributed by atoms with van der Waals surface area (Å²) >= 11 is 11.8. The van der Waals surface area contributed by atoms with Gasteiger partial charge in [-0.2, -0.15) is 0 Å². The lowest BCUT2D eigenvalue weighted by Crippen LogP contribution is -2.05. The topological polar surface area (TPSA) is 52.3 Å². The summed E-state index contributed by atoms with van der Waals surface area (Å²) < 4.78 is 10.7. The van der Waals surface area contributed by atoms with Crippen LogP contribution in [0.5, 0.6) is 0 Å². The summed E-state index contributed by atoms with van der Waals surface area (Å²) in [7, 11) is 0. The van der Waals surface area contributed by atoms with E-state index >= 15 is 0 Å². The van der Waals surface area contributed by atoms with Gasteiger partial charge in [-0.05, 0) is 36.4 Å². The number of esters is 1. The van der Waals surface area contributed by atoms with E-state index in [0.717, 1.165) is 5.56 Å². The van der Waals surface area contributed by atoms with Crippen molar-refractivity contribution >= 4 is 29.2 Å². The summed E-state index contributed by atoms with van der Waals surface area (Å²) in [5.41, 5.74) is 1.14. The number of hydrogen-bond donors (Lipinski definition) is 0. The van der Waals surface area contributed by atoms with Crippen LogP contribution in [0.1, 0.15) is 16.2 Å². The van der Waals surface area contributed by atoms with Gasteiger partial charge in [0, 0.05) is 10.6 Å². The smallest absolute Gasteiger partial charge is 0.340 e. The van der Waals surface area contributed by atoms with Gasteiger partial charge in [-0.15, -0.1) is 0 Å². The Morgan fingerprint density at radius 2 is 1.83 bits per heavy atom. The number of nitrogens with zero attached hydrogens (tertiary/aromatic N) is 1. The molecule has 2 aromatic carbocycles. The van der Waals surface area contributed by atoms with Crippen molar-refractivity contribution in [2.45, 2.75) is 6.61 Å². The normalized spacial score (nSPS) is 10.5. The Hall–Kier alpha value is -2.30. The summed E-state index contributed by atoms with van der Waals surface area (Å²) in [4.78, 5) is 16.1. The van der Waals surface area contributed by atoms with Crippen LogP contribution in [0.25, 0.3) is 11.3 Å². The third kappa shape index (κ3) is 3.73. The maximum atomic E-state index is 12.0. The minimum Gasteiger partial charge on any atom is -0.452 e. The monoisotopic (exact) mass is 347 g/mol. The van der Waals surface area contributed by atoms with Crippen molar-refractivity contribution in [2.24, 2.45) is 0 Å². The molecule has 0 fully saturated rings. The SMILES string of the molecule is O=C(OCc1ncc(-c2ccc(Cl)cc2)o1)c1ccccc1Cl. The standard InChI is InChI=1S/C17H11Cl2NO3/c18-12-7-5-11(6-8-12)15-9-20-16(23-15)10-22-17(21)13-3-1-2-4-14(13)19/h1-9H,10H2. The van der Waals surface area contributed by atoms with Gasteiger partial charge in [0.2, 0.25) is 5.89 Å². The Balaban J connectivity index is 1.67. The zero-order valence-electron chi connectivity index (χ0n) is 11.8. The fourth-order valence-electron chi connectivity index (χ4n) is 1.96. The van der Waals surface area contributed by atoms with Gasteiger partial charge in [-0.25, -0.2) is 9.78 Å². The summed E-state index contributed by atoms with van der Waals surface area (Å²) in [6.07, 6.45) is 1.57. The molecule has 1 aromatic heterocycles. The first kappa shape index (κ1) is 15.6. The molecule has 3 rings (SSSR count). The fourth-order valence-corrected chi connectivity index (χ4v) is 2.30. The van der Waals surface area contributed by atoms with Crippen LogP contribution in [0.15, 0.2) is 59.1 Å². The summed E-state index contributed by atoms with van der Waals surface area (Å²) in [6.45, 7) is -0.0718. The Bertz CT molecular complexity index is 828. The van der Waals surface area contributed by atoms with E-state index in [1.165, 1.54) is 0 Å². The van der Waals surface area contributed by atoms with E-state index in [4.69, 9.17) is 32.4 Å². The fraction of sp³-hybridized carbons (Fsp3) is 0.0588. The van der Waals surface area contributed by atoms with E-state index in [1.54, 1.807) is 42.6 Å². The number of aromatic nitrogens is 1. The van der Waals surface area contributed by atoms with Gasteiger partial charge in [0.05, 0.1) is 16.8 Å². The predicted molar refractivity (Wildman–Crippen MR) is 87.5 cm³/mol. The highest BCUT2D eigenvalue weighted by atomic mass is 35.5. The number of carbonyl (C=O) groups is 1. The highest BCUT2D eigenvalue weighted by Crippen LogP contribution is 2.23. The molecule has 0 saturated heterocycles. The van der Waals surface area contributed by atoms with Crippen molar-refractivity contribution in [3.63, 3.8) is 0 Å². The molecule has 0 atom stereocenters. The van der Waals surface area contributed by atoms with E-state index in [1.807, 2.05) is 12.1 Å². The van der Waals surface area contributed by atoms with E-state index in [9.17, 15) is 4.79 Å². The molecule has 0 radical (unpaired) electrons. The average molecular weight is 348 g/mol. The van der Waals surface area contributed by atoms with Crippen molar-refractivity contribution in [1.82, 2.24) is 4.98 Å². The van der Waals surface area contributed by atoms with Crippen LogP contribution >= 0.6 is 23.2 Å². The van der Waals surface area contributed by atoms with Gasteiger partial charge in [-0.1, -0.05) is 35.3 Å². The number of carbonyl (C=O) groups excluding carboxylic acids is 1. The largest absolute Gasteiger partial charge is 0.452 e. The summed E-state index contributed by atoms with van der Waals surface area (Å²) in [6, 6.07) is 13.8. The molecule has 4 nitrogen and oxygen atoms in total. The van der Waals surface area contributed by atoms with Gasteiger partial charge in [0.25, 0.3) is 0 Å². The molecule has 0 unspecified atom stereocenters. The molecule has 0 aliphatic heterocycles. The number of rotatable bonds is 4. The molecule has 6 heteroatoms. The molecule has 0 bridgehead atoms. The third-order valence-electron chi connectivity index (χ3n) is 3.10. The quantitative estimate of drug-likeness (QED) is 0.622. The van der Waals surface area contributed by atoms with E-state index in [-0.39, 0.29) is 6.61 Å². The van der Waals surface area contributed by atoms with Crippen molar-refractivity contribution in [3.8, 4) is 11.3 Å².